The SMILES string of the molecule is Cc1cn(C2OC(CN)C(O)C2O)c(=O)nc1N. The minimum atomic E-state index is -1.24. The molecule has 2 rings (SSSR count). The molecule has 0 aliphatic carbocycles. The van der Waals surface area contributed by atoms with E-state index in [9.17, 15) is 15.0 Å². The number of aromatic nitrogens is 2. The summed E-state index contributed by atoms with van der Waals surface area (Å²) in [5, 5.41) is 19.5. The first kappa shape index (κ1) is 13.0. The Bertz CT molecular complexity index is 503. The molecule has 1 aliphatic rings. The number of aryl methyl sites for hydroxylation is 1. The van der Waals surface area contributed by atoms with Crippen LogP contribution in [-0.4, -0.2) is 44.6 Å². The first-order chi connectivity index (χ1) is 8.45. The number of nitrogens with two attached hydrogens (primary N) is 2. The van der Waals surface area contributed by atoms with Crippen LogP contribution in [-0.2, 0) is 4.74 Å². The molecule has 8 nitrogen and oxygen atoms in total. The molecule has 0 amide bonds. The Balaban J connectivity index is 2.39. The molecule has 1 aromatic heterocycles. The van der Waals surface area contributed by atoms with Gasteiger partial charge < -0.3 is 26.4 Å². The summed E-state index contributed by atoms with van der Waals surface area (Å²) in [4.78, 5) is 15.3. The van der Waals surface area contributed by atoms with Gasteiger partial charge in [0, 0.05) is 18.3 Å². The van der Waals surface area contributed by atoms with Gasteiger partial charge in [-0.05, 0) is 6.92 Å². The van der Waals surface area contributed by atoms with Crippen molar-refractivity contribution in [2.24, 2.45) is 5.73 Å². The van der Waals surface area contributed by atoms with Crippen molar-refractivity contribution in [1.29, 1.82) is 0 Å². The van der Waals surface area contributed by atoms with Gasteiger partial charge in [0.1, 0.15) is 24.1 Å². The fourth-order valence-electron chi connectivity index (χ4n) is 1.92. The Labute approximate surface area is 103 Å². The average Bonchev–Trinajstić information content (AvgIpc) is 2.61. The fraction of sp³-hybridized carbons (Fsp3) is 0.600. The lowest BCUT2D eigenvalue weighted by Crippen LogP contribution is -2.37. The molecule has 1 saturated heterocycles. The number of hydrogen-bond donors (Lipinski definition) is 4. The summed E-state index contributed by atoms with van der Waals surface area (Å²) in [5.74, 6) is 0.125. The van der Waals surface area contributed by atoms with E-state index in [-0.39, 0.29) is 12.4 Å². The van der Waals surface area contributed by atoms with Gasteiger partial charge in [0.15, 0.2) is 6.23 Å². The minimum Gasteiger partial charge on any atom is -0.387 e. The van der Waals surface area contributed by atoms with Gasteiger partial charge in [-0.1, -0.05) is 0 Å². The average molecular weight is 256 g/mol. The zero-order valence-electron chi connectivity index (χ0n) is 9.85. The monoisotopic (exact) mass is 256 g/mol. The van der Waals surface area contributed by atoms with Gasteiger partial charge in [-0.15, -0.1) is 0 Å². The second kappa shape index (κ2) is 4.65. The van der Waals surface area contributed by atoms with Gasteiger partial charge >= 0.3 is 5.69 Å². The number of rotatable bonds is 2. The number of nitrogen functional groups attached to an aromatic ring is 1. The minimum absolute atomic E-state index is 0.0465. The molecule has 2 heterocycles. The zero-order chi connectivity index (χ0) is 13.4. The molecule has 4 atom stereocenters. The highest BCUT2D eigenvalue weighted by atomic mass is 16.6. The molecule has 0 aromatic carbocycles. The molecular weight excluding hydrogens is 240 g/mol. The Morgan fingerprint density at radius 3 is 2.72 bits per heavy atom. The molecule has 8 heteroatoms. The number of aliphatic hydroxyl groups excluding tert-OH is 2. The van der Waals surface area contributed by atoms with E-state index in [0.29, 0.717) is 5.56 Å². The van der Waals surface area contributed by atoms with Crippen molar-refractivity contribution in [1.82, 2.24) is 9.55 Å². The van der Waals surface area contributed by atoms with Crippen LogP contribution in [0.2, 0.25) is 0 Å². The smallest absolute Gasteiger partial charge is 0.351 e. The van der Waals surface area contributed by atoms with Crippen molar-refractivity contribution >= 4 is 5.82 Å². The van der Waals surface area contributed by atoms with Gasteiger partial charge in [0.2, 0.25) is 0 Å². The molecule has 0 bridgehead atoms. The fourth-order valence-corrected chi connectivity index (χ4v) is 1.92. The number of nitrogens with zero attached hydrogens (tertiary/aromatic N) is 2. The summed E-state index contributed by atoms with van der Waals surface area (Å²) in [6.07, 6.45) is -2.65. The van der Waals surface area contributed by atoms with Gasteiger partial charge in [0.05, 0.1) is 0 Å². The van der Waals surface area contributed by atoms with Gasteiger partial charge in [-0.3, -0.25) is 4.57 Å². The highest BCUT2D eigenvalue weighted by Crippen LogP contribution is 2.28. The predicted octanol–water partition coefficient (Wildman–Crippen LogP) is -2.29. The highest BCUT2D eigenvalue weighted by molar-refractivity contribution is 5.35. The largest absolute Gasteiger partial charge is 0.387 e. The maximum atomic E-state index is 11.7. The number of aliphatic hydroxyl groups is 2. The van der Waals surface area contributed by atoms with Crippen LogP contribution in [0.25, 0.3) is 0 Å². The molecule has 1 aromatic rings. The van der Waals surface area contributed by atoms with Crippen LogP contribution >= 0.6 is 0 Å². The molecular formula is C10H16N4O4. The van der Waals surface area contributed by atoms with Crippen molar-refractivity contribution in [2.45, 2.75) is 31.5 Å². The van der Waals surface area contributed by atoms with Crippen LogP contribution in [0.5, 0.6) is 0 Å². The molecule has 18 heavy (non-hydrogen) atoms. The molecule has 6 N–H and O–H groups in total. The second-order valence-electron chi connectivity index (χ2n) is 4.28. The molecule has 0 radical (unpaired) electrons. The van der Waals surface area contributed by atoms with Crippen LogP contribution in [0.4, 0.5) is 5.82 Å². The van der Waals surface area contributed by atoms with E-state index in [1.807, 2.05) is 0 Å². The Morgan fingerprint density at radius 1 is 1.50 bits per heavy atom. The third-order valence-corrected chi connectivity index (χ3v) is 3.02. The van der Waals surface area contributed by atoms with Crippen molar-refractivity contribution in [3.8, 4) is 0 Å². The highest BCUT2D eigenvalue weighted by Gasteiger charge is 2.43. The third kappa shape index (κ3) is 1.99. The Kier molecular flexibility index (Phi) is 3.35. The van der Waals surface area contributed by atoms with Crippen LogP contribution in [0, 0.1) is 6.92 Å². The summed E-state index contributed by atoms with van der Waals surface area (Å²) in [6, 6.07) is 0. The van der Waals surface area contributed by atoms with E-state index >= 15 is 0 Å². The first-order valence-electron chi connectivity index (χ1n) is 5.52. The van der Waals surface area contributed by atoms with Crippen molar-refractivity contribution in [2.75, 3.05) is 12.3 Å². The topological polar surface area (TPSA) is 137 Å². The molecule has 4 unspecified atom stereocenters. The van der Waals surface area contributed by atoms with Crippen molar-refractivity contribution in [3.05, 3.63) is 22.2 Å². The number of hydrogen-bond acceptors (Lipinski definition) is 7. The number of ether oxygens (including phenoxy) is 1. The van der Waals surface area contributed by atoms with E-state index in [1.165, 1.54) is 6.20 Å². The quantitative estimate of drug-likeness (QED) is 0.467. The van der Waals surface area contributed by atoms with Crippen molar-refractivity contribution in [3.63, 3.8) is 0 Å². The van der Waals surface area contributed by atoms with Crippen LogP contribution < -0.4 is 17.2 Å². The summed E-state index contributed by atoms with van der Waals surface area (Å²) in [5.41, 5.74) is 10.8. The lowest BCUT2D eigenvalue weighted by atomic mass is 10.1. The van der Waals surface area contributed by atoms with E-state index in [0.717, 1.165) is 4.57 Å². The van der Waals surface area contributed by atoms with E-state index in [4.69, 9.17) is 16.2 Å². The molecule has 1 aliphatic heterocycles. The molecule has 1 fully saturated rings. The van der Waals surface area contributed by atoms with E-state index in [1.54, 1.807) is 6.92 Å². The van der Waals surface area contributed by atoms with E-state index < -0.39 is 30.2 Å². The summed E-state index contributed by atoms with van der Waals surface area (Å²) < 4.78 is 6.46. The summed E-state index contributed by atoms with van der Waals surface area (Å²) >= 11 is 0. The van der Waals surface area contributed by atoms with Gasteiger partial charge in [0.25, 0.3) is 0 Å². The van der Waals surface area contributed by atoms with Gasteiger partial charge in [-0.2, -0.15) is 4.98 Å². The lowest BCUT2D eigenvalue weighted by Gasteiger charge is -2.17. The Hall–Kier alpha value is -1.48. The third-order valence-electron chi connectivity index (χ3n) is 3.02. The molecule has 0 saturated carbocycles. The number of anilines is 1. The molecule has 100 valence electrons. The summed E-state index contributed by atoms with van der Waals surface area (Å²) in [7, 11) is 0. The maximum absolute atomic E-state index is 11.7. The maximum Gasteiger partial charge on any atom is 0.351 e. The summed E-state index contributed by atoms with van der Waals surface area (Å²) in [6.45, 7) is 1.72. The van der Waals surface area contributed by atoms with Gasteiger partial charge in [-0.25, -0.2) is 4.79 Å². The first-order valence-corrected chi connectivity index (χ1v) is 5.52. The van der Waals surface area contributed by atoms with Crippen LogP contribution in [0.1, 0.15) is 11.8 Å². The molecule has 0 spiro atoms. The second-order valence-corrected chi connectivity index (χ2v) is 4.28. The normalized spacial score (nSPS) is 31.8. The lowest BCUT2D eigenvalue weighted by molar-refractivity contribution is -0.0372. The predicted molar refractivity (Wildman–Crippen MR) is 62.6 cm³/mol. The Morgan fingerprint density at radius 2 is 2.17 bits per heavy atom. The van der Waals surface area contributed by atoms with Crippen LogP contribution in [0.15, 0.2) is 11.0 Å². The van der Waals surface area contributed by atoms with Crippen molar-refractivity contribution < 1.29 is 14.9 Å². The standard InChI is InChI=1S/C10H16N4O4/c1-4-3-14(10(17)13-8(4)12)9-7(16)6(15)5(2-11)18-9/h3,5-7,9,15-16H,2,11H2,1H3,(H2,12,13,17). The van der Waals surface area contributed by atoms with E-state index in [2.05, 4.69) is 4.98 Å². The van der Waals surface area contributed by atoms with Crippen LogP contribution in [0.3, 0.4) is 0 Å². The zero-order valence-corrected chi connectivity index (χ0v) is 9.85.